The third-order valence-electron chi connectivity index (χ3n) is 3.64. The number of benzene rings is 2. The van der Waals surface area contributed by atoms with Gasteiger partial charge >= 0.3 is 0 Å². The molecule has 0 aliphatic carbocycles. The molecule has 25 heavy (non-hydrogen) atoms. The number of aryl methyl sites for hydroxylation is 2. The van der Waals surface area contributed by atoms with Crippen LogP contribution in [0.25, 0.3) is 11.0 Å². The van der Waals surface area contributed by atoms with Crippen LogP contribution in [-0.4, -0.2) is 21.6 Å². The van der Waals surface area contributed by atoms with Crippen molar-refractivity contribution in [1.82, 2.24) is 9.97 Å². The van der Waals surface area contributed by atoms with Gasteiger partial charge in [-0.05, 0) is 61.0 Å². The summed E-state index contributed by atoms with van der Waals surface area (Å²) < 4.78 is 0. The smallest absolute Gasteiger partial charge is 0.234 e. The van der Waals surface area contributed by atoms with Gasteiger partial charge in [0.1, 0.15) is 5.40 Å². The quantitative estimate of drug-likeness (QED) is 0.512. The number of imidazole rings is 1. The van der Waals surface area contributed by atoms with E-state index < -0.39 is 0 Å². The Bertz CT molecular complexity index is 919. The standard InChI is InChI=1S/C18H16N4OS2/c1-11-7-13(25-10-19)8-12(2)17(11)22-16(23)9-24-18-20-14-5-3-4-6-15(14)21-18/h3-8H,9H2,1-2H3,(H,20,21)(H,22,23). The Morgan fingerprint density at radius 3 is 2.68 bits per heavy atom. The number of hydrogen-bond acceptors (Lipinski definition) is 5. The average Bonchev–Trinajstić information content (AvgIpc) is 2.99. The summed E-state index contributed by atoms with van der Waals surface area (Å²) in [5, 5.41) is 14.5. The number of nitrogens with one attached hydrogen (secondary N) is 2. The Balaban J connectivity index is 1.65. The van der Waals surface area contributed by atoms with E-state index in [4.69, 9.17) is 5.26 Å². The van der Waals surface area contributed by atoms with Gasteiger partial charge in [-0.2, -0.15) is 5.26 Å². The molecule has 0 fully saturated rings. The summed E-state index contributed by atoms with van der Waals surface area (Å²) >= 11 is 2.49. The molecule has 0 atom stereocenters. The van der Waals surface area contributed by atoms with Crippen molar-refractivity contribution in [3.8, 4) is 5.40 Å². The van der Waals surface area contributed by atoms with E-state index in [2.05, 4.69) is 20.7 Å². The zero-order valence-corrected chi connectivity index (χ0v) is 15.4. The molecule has 2 aromatic carbocycles. The number of thioether (sulfide) groups is 2. The van der Waals surface area contributed by atoms with Gasteiger partial charge in [0, 0.05) is 10.6 Å². The molecule has 0 unspecified atom stereocenters. The monoisotopic (exact) mass is 368 g/mol. The molecule has 0 aliphatic heterocycles. The summed E-state index contributed by atoms with van der Waals surface area (Å²) in [6, 6.07) is 11.6. The molecule has 0 bridgehead atoms. The molecule has 0 spiro atoms. The lowest BCUT2D eigenvalue weighted by molar-refractivity contribution is -0.113. The van der Waals surface area contributed by atoms with E-state index >= 15 is 0 Å². The van der Waals surface area contributed by atoms with E-state index in [9.17, 15) is 4.79 Å². The molecule has 1 amide bonds. The summed E-state index contributed by atoms with van der Waals surface area (Å²) in [6.07, 6.45) is 0. The molecule has 126 valence electrons. The van der Waals surface area contributed by atoms with E-state index in [1.807, 2.05) is 50.2 Å². The summed E-state index contributed by atoms with van der Waals surface area (Å²) in [4.78, 5) is 20.8. The van der Waals surface area contributed by atoms with E-state index in [-0.39, 0.29) is 11.7 Å². The van der Waals surface area contributed by atoms with E-state index in [0.29, 0.717) is 0 Å². The molecule has 1 heterocycles. The first-order chi connectivity index (χ1) is 12.1. The highest BCUT2D eigenvalue weighted by molar-refractivity contribution is 8.03. The molecule has 0 aliphatic rings. The van der Waals surface area contributed by atoms with Crippen molar-refractivity contribution >= 4 is 46.2 Å². The van der Waals surface area contributed by atoms with Gasteiger partial charge in [-0.1, -0.05) is 23.9 Å². The minimum atomic E-state index is -0.0858. The van der Waals surface area contributed by atoms with Gasteiger partial charge in [-0.15, -0.1) is 0 Å². The summed E-state index contributed by atoms with van der Waals surface area (Å²) in [5.74, 6) is 0.185. The van der Waals surface area contributed by atoms with Crippen LogP contribution in [-0.2, 0) is 4.79 Å². The maximum absolute atomic E-state index is 12.3. The van der Waals surface area contributed by atoms with Crippen molar-refractivity contribution in [3.63, 3.8) is 0 Å². The Morgan fingerprint density at radius 2 is 2.00 bits per heavy atom. The topological polar surface area (TPSA) is 81.6 Å². The Labute approximate surface area is 154 Å². The van der Waals surface area contributed by atoms with Crippen LogP contribution in [0.3, 0.4) is 0 Å². The predicted octanol–water partition coefficient (Wildman–Crippen LogP) is 4.48. The second-order valence-corrected chi connectivity index (χ2v) is 7.34. The first-order valence-corrected chi connectivity index (χ1v) is 9.41. The van der Waals surface area contributed by atoms with Crippen molar-refractivity contribution in [2.45, 2.75) is 23.9 Å². The van der Waals surface area contributed by atoms with Crippen molar-refractivity contribution < 1.29 is 4.79 Å². The summed E-state index contributed by atoms with van der Waals surface area (Å²) in [7, 11) is 0. The molecular formula is C18H16N4OS2. The SMILES string of the molecule is Cc1cc(SC#N)cc(C)c1NC(=O)CSc1nc2ccccc2[nH]1. The second kappa shape index (κ2) is 7.64. The minimum absolute atomic E-state index is 0.0858. The average molecular weight is 368 g/mol. The molecule has 3 rings (SSSR count). The number of carbonyl (C=O) groups excluding carboxylic acids is 1. The molecule has 0 radical (unpaired) electrons. The Hall–Kier alpha value is -2.43. The molecule has 0 saturated heterocycles. The second-order valence-electron chi connectivity index (χ2n) is 5.52. The van der Waals surface area contributed by atoms with Crippen molar-refractivity contribution in [1.29, 1.82) is 5.26 Å². The highest BCUT2D eigenvalue weighted by Crippen LogP contribution is 2.28. The van der Waals surface area contributed by atoms with Gasteiger partial charge < -0.3 is 10.3 Å². The lowest BCUT2D eigenvalue weighted by Crippen LogP contribution is -2.16. The number of thiocyanates is 1. The van der Waals surface area contributed by atoms with E-state index in [1.54, 1.807) is 0 Å². The first-order valence-electron chi connectivity index (χ1n) is 7.61. The van der Waals surface area contributed by atoms with E-state index in [1.165, 1.54) is 11.8 Å². The zero-order valence-electron chi connectivity index (χ0n) is 13.8. The number of aromatic nitrogens is 2. The number of aromatic amines is 1. The molecule has 3 aromatic rings. The Kier molecular flexibility index (Phi) is 5.31. The van der Waals surface area contributed by atoms with Crippen LogP contribution in [0, 0.1) is 24.5 Å². The fraction of sp³-hybridized carbons (Fsp3) is 0.167. The lowest BCUT2D eigenvalue weighted by Gasteiger charge is -2.12. The van der Waals surface area contributed by atoms with Crippen LogP contribution < -0.4 is 5.32 Å². The van der Waals surface area contributed by atoms with Gasteiger partial charge in [-0.25, -0.2) is 4.98 Å². The zero-order chi connectivity index (χ0) is 17.8. The highest BCUT2D eigenvalue weighted by atomic mass is 32.2. The van der Waals surface area contributed by atoms with Gasteiger partial charge in [0.25, 0.3) is 0 Å². The van der Waals surface area contributed by atoms with Crippen molar-refractivity contribution in [3.05, 3.63) is 47.5 Å². The van der Waals surface area contributed by atoms with Gasteiger partial charge in [-0.3, -0.25) is 4.79 Å². The number of anilines is 1. The van der Waals surface area contributed by atoms with Gasteiger partial charge in [0.2, 0.25) is 5.91 Å². The molecule has 0 saturated carbocycles. The summed E-state index contributed by atoms with van der Waals surface area (Å²) in [5.41, 5.74) is 4.54. The minimum Gasteiger partial charge on any atom is -0.333 e. The van der Waals surface area contributed by atoms with Crippen LogP contribution in [0.5, 0.6) is 0 Å². The molecule has 5 nitrogen and oxygen atoms in total. The fourth-order valence-electron chi connectivity index (χ4n) is 2.54. The number of hydrogen-bond donors (Lipinski definition) is 2. The molecular weight excluding hydrogens is 352 g/mol. The number of nitriles is 1. The maximum Gasteiger partial charge on any atom is 0.234 e. The third-order valence-corrected chi connectivity index (χ3v) is 5.08. The van der Waals surface area contributed by atoms with Crippen LogP contribution in [0.15, 0.2) is 46.5 Å². The summed E-state index contributed by atoms with van der Waals surface area (Å²) in [6.45, 7) is 3.85. The van der Waals surface area contributed by atoms with Crippen LogP contribution in [0.1, 0.15) is 11.1 Å². The number of amides is 1. The number of fused-ring (bicyclic) bond motifs is 1. The van der Waals surface area contributed by atoms with Crippen molar-refractivity contribution in [2.24, 2.45) is 0 Å². The highest BCUT2D eigenvalue weighted by Gasteiger charge is 2.11. The lowest BCUT2D eigenvalue weighted by atomic mass is 10.1. The largest absolute Gasteiger partial charge is 0.333 e. The number of nitrogens with zero attached hydrogens (tertiary/aromatic N) is 2. The van der Waals surface area contributed by atoms with E-state index in [0.717, 1.165) is 49.7 Å². The van der Waals surface area contributed by atoms with Crippen LogP contribution >= 0.6 is 23.5 Å². The maximum atomic E-state index is 12.3. The molecule has 1 aromatic heterocycles. The van der Waals surface area contributed by atoms with Gasteiger partial charge in [0.15, 0.2) is 5.16 Å². The Morgan fingerprint density at radius 1 is 1.28 bits per heavy atom. The van der Waals surface area contributed by atoms with Crippen LogP contribution in [0.4, 0.5) is 5.69 Å². The normalized spacial score (nSPS) is 10.6. The molecule has 7 heteroatoms. The fourth-order valence-corrected chi connectivity index (χ4v) is 3.80. The van der Waals surface area contributed by atoms with Crippen LogP contribution in [0.2, 0.25) is 0 Å². The number of para-hydroxylation sites is 2. The first kappa shape index (κ1) is 17.4. The number of carbonyl (C=O) groups is 1. The number of rotatable bonds is 5. The van der Waals surface area contributed by atoms with Gasteiger partial charge in [0.05, 0.1) is 16.8 Å². The number of H-pyrrole nitrogens is 1. The molecule has 2 N–H and O–H groups in total. The van der Waals surface area contributed by atoms with Crippen molar-refractivity contribution in [2.75, 3.05) is 11.1 Å². The third kappa shape index (κ3) is 4.16. The predicted molar refractivity (Wildman–Crippen MR) is 103 cm³/mol.